The zero-order valence-electron chi connectivity index (χ0n) is 14.7. The van der Waals surface area contributed by atoms with E-state index in [-0.39, 0.29) is 18.8 Å². The van der Waals surface area contributed by atoms with Gasteiger partial charge in [-0.05, 0) is 18.4 Å². The van der Waals surface area contributed by atoms with Crippen LogP contribution in [0, 0.1) is 5.92 Å². The van der Waals surface area contributed by atoms with Crippen LogP contribution in [0.25, 0.3) is 0 Å². The molecule has 0 unspecified atom stereocenters. The number of ether oxygens (including phenoxy) is 2. The summed E-state index contributed by atoms with van der Waals surface area (Å²) >= 11 is 0. The molecule has 3 rings (SSSR count). The van der Waals surface area contributed by atoms with E-state index in [4.69, 9.17) is 14.6 Å². The zero-order valence-corrected chi connectivity index (χ0v) is 14.7. The number of nitrogens with zero attached hydrogens (tertiary/aromatic N) is 2. The van der Waals surface area contributed by atoms with Crippen LogP contribution in [0.3, 0.4) is 0 Å². The normalized spacial score (nSPS) is 24.9. The SMILES string of the molecule is O=C(OCc1ccccc1)N1CCN(C[C@@H]2CC[C@H](CO)CO2)CC1. The number of aliphatic hydroxyl groups excluding tert-OH is 1. The van der Waals surface area contributed by atoms with Crippen LogP contribution in [0.1, 0.15) is 18.4 Å². The molecule has 2 aliphatic heterocycles. The van der Waals surface area contributed by atoms with Crippen molar-refractivity contribution in [3.63, 3.8) is 0 Å². The van der Waals surface area contributed by atoms with Crippen LogP contribution in [0.5, 0.6) is 0 Å². The summed E-state index contributed by atoms with van der Waals surface area (Å²) in [6, 6.07) is 9.74. The number of rotatable bonds is 5. The molecule has 1 aromatic rings. The summed E-state index contributed by atoms with van der Waals surface area (Å²) in [5.74, 6) is 0.299. The van der Waals surface area contributed by atoms with Crippen molar-refractivity contribution in [3.8, 4) is 0 Å². The van der Waals surface area contributed by atoms with Crippen molar-refractivity contribution in [2.24, 2.45) is 5.92 Å². The highest BCUT2D eigenvalue weighted by atomic mass is 16.6. The van der Waals surface area contributed by atoms with Crippen molar-refractivity contribution in [1.82, 2.24) is 9.80 Å². The lowest BCUT2D eigenvalue weighted by Crippen LogP contribution is -2.51. The van der Waals surface area contributed by atoms with E-state index in [1.807, 2.05) is 30.3 Å². The van der Waals surface area contributed by atoms with Gasteiger partial charge < -0.3 is 19.5 Å². The predicted octanol–water partition coefficient (Wildman–Crippen LogP) is 1.73. The van der Waals surface area contributed by atoms with Gasteiger partial charge in [0.25, 0.3) is 0 Å². The van der Waals surface area contributed by atoms with Crippen LogP contribution >= 0.6 is 0 Å². The highest BCUT2D eigenvalue weighted by Crippen LogP contribution is 2.19. The van der Waals surface area contributed by atoms with Crippen LogP contribution in [-0.2, 0) is 16.1 Å². The Labute approximate surface area is 149 Å². The molecule has 0 bridgehead atoms. The Morgan fingerprint density at radius 2 is 1.92 bits per heavy atom. The maximum Gasteiger partial charge on any atom is 0.410 e. The fourth-order valence-electron chi connectivity index (χ4n) is 3.36. The van der Waals surface area contributed by atoms with Crippen molar-refractivity contribution < 1.29 is 19.4 Å². The van der Waals surface area contributed by atoms with Gasteiger partial charge in [0.1, 0.15) is 6.61 Å². The number of benzene rings is 1. The van der Waals surface area contributed by atoms with Crippen LogP contribution in [0.2, 0.25) is 0 Å². The molecule has 2 atom stereocenters. The average molecular weight is 348 g/mol. The molecule has 0 aliphatic carbocycles. The van der Waals surface area contributed by atoms with E-state index in [1.54, 1.807) is 4.90 Å². The summed E-state index contributed by atoms with van der Waals surface area (Å²) < 4.78 is 11.2. The summed E-state index contributed by atoms with van der Waals surface area (Å²) in [6.07, 6.45) is 2.06. The molecule has 0 aromatic heterocycles. The van der Waals surface area contributed by atoms with Gasteiger partial charge in [0, 0.05) is 45.2 Å². The van der Waals surface area contributed by atoms with Gasteiger partial charge in [-0.2, -0.15) is 0 Å². The van der Waals surface area contributed by atoms with Crippen LogP contribution in [0.4, 0.5) is 4.79 Å². The molecule has 25 heavy (non-hydrogen) atoms. The minimum absolute atomic E-state index is 0.219. The van der Waals surface area contributed by atoms with Crippen molar-refractivity contribution in [2.45, 2.75) is 25.6 Å². The van der Waals surface area contributed by atoms with Gasteiger partial charge in [-0.25, -0.2) is 4.79 Å². The number of hydrogen-bond acceptors (Lipinski definition) is 5. The smallest absolute Gasteiger partial charge is 0.410 e. The largest absolute Gasteiger partial charge is 0.445 e. The van der Waals surface area contributed by atoms with Gasteiger partial charge in [-0.1, -0.05) is 30.3 Å². The number of aliphatic hydroxyl groups is 1. The Bertz CT molecular complexity index is 523. The second-order valence-corrected chi connectivity index (χ2v) is 6.91. The molecule has 1 amide bonds. The Kier molecular flexibility index (Phi) is 6.67. The minimum atomic E-state index is -0.233. The molecule has 6 nitrogen and oxygen atoms in total. The summed E-state index contributed by atoms with van der Waals surface area (Å²) in [5, 5.41) is 9.16. The molecule has 2 fully saturated rings. The summed E-state index contributed by atoms with van der Waals surface area (Å²) in [6.45, 7) is 5.20. The lowest BCUT2D eigenvalue weighted by Gasteiger charge is -2.37. The first-order valence-corrected chi connectivity index (χ1v) is 9.15. The topological polar surface area (TPSA) is 62.2 Å². The molecule has 1 aromatic carbocycles. The summed E-state index contributed by atoms with van der Waals surface area (Å²) in [5.41, 5.74) is 1.00. The number of hydrogen-bond donors (Lipinski definition) is 1. The maximum absolute atomic E-state index is 12.2. The molecule has 0 saturated carbocycles. The number of piperazine rings is 1. The fourth-order valence-corrected chi connectivity index (χ4v) is 3.36. The van der Waals surface area contributed by atoms with Crippen molar-refractivity contribution >= 4 is 6.09 Å². The molecule has 1 N–H and O–H groups in total. The van der Waals surface area contributed by atoms with Crippen molar-refractivity contribution in [1.29, 1.82) is 0 Å². The Morgan fingerprint density at radius 3 is 2.56 bits per heavy atom. The van der Waals surface area contributed by atoms with E-state index in [9.17, 15) is 4.79 Å². The molecule has 2 saturated heterocycles. The zero-order chi connectivity index (χ0) is 17.5. The van der Waals surface area contributed by atoms with Gasteiger partial charge in [-0.15, -0.1) is 0 Å². The molecule has 0 spiro atoms. The van der Waals surface area contributed by atoms with E-state index in [0.29, 0.717) is 32.2 Å². The molecule has 0 radical (unpaired) electrons. The first kappa shape index (κ1) is 18.2. The molecular formula is C19H28N2O4. The van der Waals surface area contributed by atoms with Crippen LogP contribution in [-0.4, -0.2) is 73.0 Å². The molecule has 138 valence electrons. The average Bonchev–Trinajstić information content (AvgIpc) is 2.68. The summed E-state index contributed by atoms with van der Waals surface area (Å²) in [7, 11) is 0. The van der Waals surface area contributed by atoms with Gasteiger partial charge in [0.2, 0.25) is 0 Å². The third kappa shape index (κ3) is 5.42. The van der Waals surface area contributed by atoms with Gasteiger partial charge in [0.15, 0.2) is 0 Å². The maximum atomic E-state index is 12.2. The Balaban J connectivity index is 1.35. The number of carbonyl (C=O) groups is 1. The highest BCUT2D eigenvalue weighted by Gasteiger charge is 2.26. The van der Waals surface area contributed by atoms with Gasteiger partial charge in [-0.3, -0.25) is 4.90 Å². The predicted molar refractivity (Wildman–Crippen MR) is 94.2 cm³/mol. The third-order valence-electron chi connectivity index (χ3n) is 5.02. The van der Waals surface area contributed by atoms with E-state index < -0.39 is 0 Å². The van der Waals surface area contributed by atoms with E-state index in [0.717, 1.165) is 38.0 Å². The van der Waals surface area contributed by atoms with E-state index in [2.05, 4.69) is 4.90 Å². The first-order chi connectivity index (χ1) is 12.2. The van der Waals surface area contributed by atoms with Crippen LogP contribution < -0.4 is 0 Å². The van der Waals surface area contributed by atoms with Crippen molar-refractivity contribution in [2.75, 3.05) is 45.9 Å². The monoisotopic (exact) mass is 348 g/mol. The molecule has 2 heterocycles. The lowest BCUT2D eigenvalue weighted by molar-refractivity contribution is -0.0483. The summed E-state index contributed by atoms with van der Waals surface area (Å²) in [4.78, 5) is 16.3. The lowest BCUT2D eigenvalue weighted by atomic mass is 9.99. The third-order valence-corrected chi connectivity index (χ3v) is 5.02. The Hall–Kier alpha value is -1.63. The molecule has 2 aliphatic rings. The minimum Gasteiger partial charge on any atom is -0.445 e. The molecule has 6 heteroatoms. The fraction of sp³-hybridized carbons (Fsp3) is 0.632. The van der Waals surface area contributed by atoms with Gasteiger partial charge in [0.05, 0.1) is 12.7 Å². The van der Waals surface area contributed by atoms with E-state index >= 15 is 0 Å². The standard InChI is InChI=1S/C19H28N2O4/c22-13-17-6-7-18(24-15-17)12-20-8-10-21(11-9-20)19(23)25-14-16-4-2-1-3-5-16/h1-5,17-18,22H,6-15H2/t17-,18+/m1/s1. The first-order valence-electron chi connectivity index (χ1n) is 9.15. The van der Waals surface area contributed by atoms with Crippen LogP contribution in [0.15, 0.2) is 30.3 Å². The van der Waals surface area contributed by atoms with Crippen molar-refractivity contribution in [3.05, 3.63) is 35.9 Å². The van der Waals surface area contributed by atoms with E-state index in [1.165, 1.54) is 0 Å². The molecular weight excluding hydrogens is 320 g/mol. The highest BCUT2D eigenvalue weighted by molar-refractivity contribution is 5.67. The number of amides is 1. The second-order valence-electron chi connectivity index (χ2n) is 6.91. The Morgan fingerprint density at radius 1 is 1.16 bits per heavy atom. The quantitative estimate of drug-likeness (QED) is 0.878. The second kappa shape index (κ2) is 9.17. The number of carbonyl (C=O) groups excluding carboxylic acids is 1. The van der Waals surface area contributed by atoms with Gasteiger partial charge >= 0.3 is 6.09 Å².